The molecule has 0 saturated heterocycles. The summed E-state index contributed by atoms with van der Waals surface area (Å²) < 4.78 is 10.3. The predicted molar refractivity (Wildman–Crippen MR) is 92.3 cm³/mol. The molecule has 0 aromatic heterocycles. The van der Waals surface area contributed by atoms with Crippen molar-refractivity contribution in [3.63, 3.8) is 0 Å². The number of benzene rings is 2. The number of nitrogens with one attached hydrogen (secondary N) is 1. The molecule has 0 saturated carbocycles. The van der Waals surface area contributed by atoms with E-state index in [1.165, 1.54) is 12.7 Å². The molecular weight excluding hydrogens is 306 g/mol. The average molecular weight is 327 g/mol. The molecule has 1 amide bonds. The summed E-state index contributed by atoms with van der Waals surface area (Å²) in [6.07, 6.45) is 1.16. The third-order valence-corrected chi connectivity index (χ3v) is 3.54. The molecule has 0 radical (unpaired) electrons. The minimum atomic E-state index is -0.488. The number of para-hydroxylation sites is 1. The molecule has 5 heteroatoms. The van der Waals surface area contributed by atoms with E-state index < -0.39 is 5.97 Å². The van der Waals surface area contributed by atoms with Crippen molar-refractivity contribution < 1.29 is 19.1 Å². The summed E-state index contributed by atoms with van der Waals surface area (Å²) in [5.74, 6) is 0.0182. The minimum absolute atomic E-state index is 0.186. The first kappa shape index (κ1) is 17.5. The molecule has 0 aliphatic heterocycles. The van der Waals surface area contributed by atoms with Crippen LogP contribution in [0.15, 0.2) is 48.5 Å². The van der Waals surface area contributed by atoms with Crippen LogP contribution in [0.4, 0.5) is 5.69 Å². The van der Waals surface area contributed by atoms with Crippen molar-refractivity contribution in [2.45, 2.75) is 19.8 Å². The maximum atomic E-state index is 12.0. The molecule has 5 nitrogen and oxygen atoms in total. The van der Waals surface area contributed by atoms with Crippen molar-refractivity contribution in [1.29, 1.82) is 0 Å². The third kappa shape index (κ3) is 4.84. The lowest BCUT2D eigenvalue weighted by atomic mass is 10.1. The Morgan fingerprint density at radius 1 is 1.04 bits per heavy atom. The van der Waals surface area contributed by atoms with Crippen LogP contribution in [0.1, 0.15) is 29.3 Å². The summed E-state index contributed by atoms with van der Waals surface area (Å²) in [5, 5.41) is 2.71. The Morgan fingerprint density at radius 3 is 2.42 bits per heavy atom. The van der Waals surface area contributed by atoms with Crippen LogP contribution in [0.5, 0.6) is 5.75 Å². The third-order valence-electron chi connectivity index (χ3n) is 3.54. The van der Waals surface area contributed by atoms with Crippen LogP contribution >= 0.6 is 0 Å². The fourth-order valence-electron chi connectivity index (χ4n) is 2.18. The molecule has 126 valence electrons. The first-order valence-electron chi connectivity index (χ1n) is 7.83. The number of methoxy groups -OCH3 is 1. The molecule has 2 aromatic rings. The molecule has 1 N–H and O–H groups in total. The van der Waals surface area contributed by atoms with Gasteiger partial charge in [-0.1, -0.05) is 31.2 Å². The zero-order chi connectivity index (χ0) is 17.4. The molecule has 0 unspecified atom stereocenters. The minimum Gasteiger partial charge on any atom is -0.493 e. The summed E-state index contributed by atoms with van der Waals surface area (Å²) >= 11 is 0. The Morgan fingerprint density at radius 2 is 1.75 bits per heavy atom. The number of amides is 1. The van der Waals surface area contributed by atoms with Gasteiger partial charge in [-0.3, -0.25) is 4.79 Å². The number of ether oxygens (including phenoxy) is 2. The van der Waals surface area contributed by atoms with E-state index >= 15 is 0 Å². The number of anilines is 1. The Balaban J connectivity index is 1.86. The zero-order valence-corrected chi connectivity index (χ0v) is 13.9. The maximum absolute atomic E-state index is 12.0. The molecule has 0 aliphatic rings. The van der Waals surface area contributed by atoms with Gasteiger partial charge in [0.1, 0.15) is 5.75 Å². The van der Waals surface area contributed by atoms with Gasteiger partial charge in [0.2, 0.25) is 5.91 Å². The number of hydrogen-bond acceptors (Lipinski definition) is 4. The van der Waals surface area contributed by atoms with Crippen LogP contribution in [0.25, 0.3) is 0 Å². The number of esters is 1. The van der Waals surface area contributed by atoms with E-state index in [0.717, 1.165) is 12.2 Å². The fraction of sp³-hybridized carbons (Fsp3) is 0.263. The highest BCUT2D eigenvalue weighted by Gasteiger charge is 2.13. The van der Waals surface area contributed by atoms with Gasteiger partial charge in [0.05, 0.1) is 31.4 Å². The van der Waals surface area contributed by atoms with Gasteiger partial charge in [0.25, 0.3) is 0 Å². The van der Waals surface area contributed by atoms with E-state index in [1.54, 1.807) is 24.3 Å². The number of rotatable bonds is 7. The molecule has 0 aliphatic carbocycles. The molecular formula is C19H21NO4. The van der Waals surface area contributed by atoms with E-state index in [0.29, 0.717) is 11.3 Å². The summed E-state index contributed by atoms with van der Waals surface area (Å²) in [6, 6.07) is 14.5. The molecule has 2 rings (SSSR count). The van der Waals surface area contributed by atoms with Crippen molar-refractivity contribution in [2.75, 3.05) is 19.0 Å². The Kier molecular flexibility index (Phi) is 6.37. The normalized spacial score (nSPS) is 10.1. The Labute approximate surface area is 141 Å². The quantitative estimate of drug-likeness (QED) is 0.791. The predicted octanol–water partition coefficient (Wildman–Crippen LogP) is 3.44. The lowest BCUT2D eigenvalue weighted by Crippen LogP contribution is -2.17. The summed E-state index contributed by atoms with van der Waals surface area (Å²) in [5.41, 5.74) is 1.99. The molecule has 0 atom stereocenters. The van der Waals surface area contributed by atoms with Crippen molar-refractivity contribution in [3.05, 3.63) is 59.7 Å². The molecule has 0 spiro atoms. The second kappa shape index (κ2) is 8.72. The largest absolute Gasteiger partial charge is 0.493 e. The zero-order valence-electron chi connectivity index (χ0n) is 13.9. The second-order valence-electron chi connectivity index (χ2n) is 5.18. The second-order valence-corrected chi connectivity index (χ2v) is 5.18. The first-order chi connectivity index (χ1) is 11.6. The van der Waals surface area contributed by atoms with Gasteiger partial charge < -0.3 is 14.8 Å². The van der Waals surface area contributed by atoms with Gasteiger partial charge in [-0.2, -0.15) is 0 Å². The van der Waals surface area contributed by atoms with Crippen LogP contribution < -0.4 is 10.1 Å². The van der Waals surface area contributed by atoms with Gasteiger partial charge in [0, 0.05) is 0 Å². The van der Waals surface area contributed by atoms with Crippen molar-refractivity contribution in [1.82, 2.24) is 0 Å². The van der Waals surface area contributed by atoms with Crippen molar-refractivity contribution in [3.8, 4) is 5.75 Å². The SMILES string of the molecule is CCc1ccc(OCCC(=O)Nc2ccccc2C(=O)OC)cc1. The number of carbonyl (C=O) groups excluding carboxylic acids is 2. The monoisotopic (exact) mass is 327 g/mol. The van der Waals surface area contributed by atoms with Gasteiger partial charge in [-0.05, 0) is 36.2 Å². The van der Waals surface area contributed by atoms with Crippen LogP contribution in [0, 0.1) is 0 Å². The topological polar surface area (TPSA) is 64.6 Å². The Bertz CT molecular complexity index is 695. The lowest BCUT2D eigenvalue weighted by molar-refractivity contribution is -0.116. The van der Waals surface area contributed by atoms with Crippen LogP contribution in [0.3, 0.4) is 0 Å². The fourth-order valence-corrected chi connectivity index (χ4v) is 2.18. The summed E-state index contributed by atoms with van der Waals surface area (Å²) in [7, 11) is 1.30. The van der Waals surface area contributed by atoms with E-state index in [1.807, 2.05) is 24.3 Å². The van der Waals surface area contributed by atoms with Gasteiger partial charge in [0.15, 0.2) is 0 Å². The number of hydrogen-bond donors (Lipinski definition) is 1. The highest BCUT2D eigenvalue weighted by Crippen LogP contribution is 2.17. The van der Waals surface area contributed by atoms with Crippen molar-refractivity contribution in [2.24, 2.45) is 0 Å². The highest BCUT2D eigenvalue weighted by atomic mass is 16.5. The maximum Gasteiger partial charge on any atom is 0.339 e. The van der Waals surface area contributed by atoms with E-state index in [4.69, 9.17) is 9.47 Å². The highest BCUT2D eigenvalue weighted by molar-refractivity contribution is 6.01. The average Bonchev–Trinajstić information content (AvgIpc) is 2.62. The summed E-state index contributed by atoms with van der Waals surface area (Å²) in [6.45, 7) is 2.35. The lowest BCUT2D eigenvalue weighted by Gasteiger charge is -2.10. The molecule has 0 bridgehead atoms. The first-order valence-corrected chi connectivity index (χ1v) is 7.83. The standard InChI is InChI=1S/C19H21NO4/c1-3-14-8-10-15(11-9-14)24-13-12-18(21)20-17-7-5-4-6-16(17)19(22)23-2/h4-11H,3,12-13H2,1-2H3,(H,20,21). The molecule has 0 fully saturated rings. The van der Waals surface area contributed by atoms with E-state index in [-0.39, 0.29) is 18.9 Å². The van der Waals surface area contributed by atoms with Crippen LogP contribution in [-0.4, -0.2) is 25.6 Å². The van der Waals surface area contributed by atoms with Gasteiger partial charge >= 0.3 is 5.97 Å². The number of carbonyl (C=O) groups is 2. The molecule has 0 heterocycles. The van der Waals surface area contributed by atoms with Gasteiger partial charge in [-0.25, -0.2) is 4.79 Å². The Hall–Kier alpha value is -2.82. The molecule has 24 heavy (non-hydrogen) atoms. The van der Waals surface area contributed by atoms with Crippen LogP contribution in [0.2, 0.25) is 0 Å². The van der Waals surface area contributed by atoms with Crippen molar-refractivity contribution >= 4 is 17.6 Å². The smallest absolute Gasteiger partial charge is 0.339 e. The van der Waals surface area contributed by atoms with E-state index in [2.05, 4.69) is 12.2 Å². The number of aryl methyl sites for hydroxylation is 1. The van der Waals surface area contributed by atoms with E-state index in [9.17, 15) is 9.59 Å². The molecule has 2 aromatic carbocycles. The van der Waals surface area contributed by atoms with Crippen LogP contribution in [-0.2, 0) is 16.0 Å². The summed E-state index contributed by atoms with van der Waals surface area (Å²) in [4.78, 5) is 23.7. The van der Waals surface area contributed by atoms with Gasteiger partial charge in [-0.15, -0.1) is 0 Å².